The highest BCUT2D eigenvalue weighted by atomic mass is 32.1. The van der Waals surface area contributed by atoms with Crippen molar-refractivity contribution in [2.45, 2.75) is 6.92 Å². The Morgan fingerprint density at radius 1 is 0.906 bits per heavy atom. The van der Waals surface area contributed by atoms with Gasteiger partial charge in [0.05, 0.1) is 16.9 Å². The zero-order chi connectivity index (χ0) is 22.1. The summed E-state index contributed by atoms with van der Waals surface area (Å²) in [5, 5.41) is 4.95. The quantitative estimate of drug-likeness (QED) is 0.351. The van der Waals surface area contributed by atoms with Crippen LogP contribution in [0.2, 0.25) is 0 Å². The van der Waals surface area contributed by atoms with E-state index in [4.69, 9.17) is 0 Å². The van der Waals surface area contributed by atoms with Crippen LogP contribution in [0.5, 0.6) is 0 Å². The number of ketones is 1. The van der Waals surface area contributed by atoms with Crippen LogP contribution in [-0.2, 0) is 0 Å². The highest BCUT2D eigenvalue weighted by Gasteiger charge is 2.19. The molecule has 0 aliphatic carbocycles. The lowest BCUT2D eigenvalue weighted by Crippen LogP contribution is -2.17. The minimum atomic E-state index is -0.338. The lowest BCUT2D eigenvalue weighted by molar-refractivity contribution is 0.0996. The normalized spacial score (nSPS) is 10.9. The Morgan fingerprint density at radius 2 is 1.62 bits per heavy atom. The highest BCUT2D eigenvalue weighted by Crippen LogP contribution is 2.29. The van der Waals surface area contributed by atoms with Gasteiger partial charge in [0.25, 0.3) is 5.91 Å². The summed E-state index contributed by atoms with van der Waals surface area (Å²) in [4.78, 5) is 31.9. The summed E-state index contributed by atoms with van der Waals surface area (Å²) >= 11 is 1.55. The second-order valence-electron chi connectivity index (χ2n) is 7.46. The summed E-state index contributed by atoms with van der Waals surface area (Å²) in [5.74, 6) is -0.520. The molecule has 5 aromatic rings. The van der Waals surface area contributed by atoms with Crippen molar-refractivity contribution in [2.24, 2.45) is 0 Å². The van der Waals surface area contributed by atoms with Gasteiger partial charge in [-0.1, -0.05) is 66.2 Å². The molecular formula is C26H19N3O2S. The minimum absolute atomic E-state index is 0.182. The third-order valence-corrected chi connectivity index (χ3v) is 6.05. The molecule has 2 aromatic heterocycles. The average Bonchev–Trinajstić information content (AvgIpc) is 3.42. The van der Waals surface area contributed by atoms with Gasteiger partial charge in [0.15, 0.2) is 10.7 Å². The molecule has 0 aliphatic rings. The molecule has 32 heavy (non-hydrogen) atoms. The van der Waals surface area contributed by atoms with Crippen molar-refractivity contribution in [3.63, 3.8) is 0 Å². The third-order valence-electron chi connectivity index (χ3n) is 5.27. The van der Waals surface area contributed by atoms with E-state index in [0.717, 1.165) is 21.8 Å². The molecule has 0 aliphatic heterocycles. The van der Waals surface area contributed by atoms with E-state index in [1.165, 1.54) is 0 Å². The fourth-order valence-electron chi connectivity index (χ4n) is 3.60. The smallest absolute Gasteiger partial charge is 0.256 e. The van der Waals surface area contributed by atoms with Gasteiger partial charge in [0.2, 0.25) is 0 Å². The Kier molecular flexibility index (Phi) is 5.13. The van der Waals surface area contributed by atoms with Crippen LogP contribution in [0.1, 0.15) is 31.8 Å². The van der Waals surface area contributed by atoms with Gasteiger partial charge in [-0.3, -0.25) is 14.0 Å². The minimum Gasteiger partial charge on any atom is -0.321 e. The molecule has 156 valence electrons. The summed E-state index contributed by atoms with van der Waals surface area (Å²) in [6.07, 6.45) is 3.89. The van der Waals surface area contributed by atoms with Crippen molar-refractivity contribution >= 4 is 33.7 Å². The predicted octanol–water partition coefficient (Wildman–Crippen LogP) is 5.85. The van der Waals surface area contributed by atoms with Gasteiger partial charge in [0, 0.05) is 34.5 Å². The predicted molar refractivity (Wildman–Crippen MR) is 128 cm³/mol. The number of carbonyl (C=O) groups excluding carboxylic acids is 2. The number of amides is 1. The Morgan fingerprint density at radius 3 is 2.41 bits per heavy atom. The van der Waals surface area contributed by atoms with E-state index in [9.17, 15) is 9.59 Å². The summed E-state index contributed by atoms with van der Waals surface area (Å²) < 4.78 is 1.95. The number of aromatic nitrogens is 2. The number of nitrogens with one attached hydrogen (secondary N) is 1. The number of hydrogen-bond acceptors (Lipinski definition) is 4. The first-order valence-electron chi connectivity index (χ1n) is 10.1. The van der Waals surface area contributed by atoms with Crippen molar-refractivity contribution in [2.75, 3.05) is 5.32 Å². The van der Waals surface area contributed by atoms with Gasteiger partial charge in [-0.2, -0.15) is 0 Å². The first-order chi connectivity index (χ1) is 15.6. The molecule has 6 heteroatoms. The maximum absolute atomic E-state index is 13.2. The summed E-state index contributed by atoms with van der Waals surface area (Å²) in [7, 11) is 0. The Bertz CT molecular complexity index is 1420. The van der Waals surface area contributed by atoms with Crippen LogP contribution in [0.4, 0.5) is 5.69 Å². The van der Waals surface area contributed by atoms with Gasteiger partial charge < -0.3 is 5.32 Å². The number of fused-ring (bicyclic) bond motifs is 1. The number of imidazole rings is 1. The molecule has 0 unspecified atom stereocenters. The number of rotatable bonds is 5. The molecule has 0 radical (unpaired) electrons. The van der Waals surface area contributed by atoms with E-state index in [2.05, 4.69) is 10.3 Å². The largest absolute Gasteiger partial charge is 0.321 e. The molecule has 0 saturated heterocycles. The lowest BCUT2D eigenvalue weighted by atomic mass is 9.97. The van der Waals surface area contributed by atoms with Crippen molar-refractivity contribution in [3.05, 3.63) is 113 Å². The summed E-state index contributed by atoms with van der Waals surface area (Å²) in [5.41, 5.74) is 4.56. The lowest BCUT2D eigenvalue weighted by Gasteiger charge is -2.12. The molecule has 0 atom stereocenters. The van der Waals surface area contributed by atoms with Crippen LogP contribution >= 0.6 is 11.3 Å². The van der Waals surface area contributed by atoms with Crippen LogP contribution in [0.25, 0.3) is 16.2 Å². The topological polar surface area (TPSA) is 63.5 Å². The number of thiazole rings is 1. The molecule has 3 aromatic carbocycles. The monoisotopic (exact) mass is 437 g/mol. The Labute approximate surface area is 189 Å². The van der Waals surface area contributed by atoms with Crippen molar-refractivity contribution in [3.8, 4) is 11.3 Å². The highest BCUT2D eigenvalue weighted by molar-refractivity contribution is 7.15. The molecule has 2 heterocycles. The van der Waals surface area contributed by atoms with E-state index >= 15 is 0 Å². The molecule has 0 spiro atoms. The van der Waals surface area contributed by atoms with Crippen molar-refractivity contribution in [1.82, 2.24) is 9.38 Å². The number of nitrogens with zero attached hydrogens (tertiary/aromatic N) is 2. The molecule has 0 bridgehead atoms. The summed E-state index contributed by atoms with van der Waals surface area (Å²) in [6.45, 7) is 1.97. The molecule has 5 nitrogen and oxygen atoms in total. The average molecular weight is 438 g/mol. The van der Waals surface area contributed by atoms with E-state index in [1.54, 1.807) is 47.7 Å². The molecule has 1 N–H and O–H groups in total. The van der Waals surface area contributed by atoms with Crippen LogP contribution in [0.15, 0.2) is 90.6 Å². The van der Waals surface area contributed by atoms with Gasteiger partial charge >= 0.3 is 0 Å². The van der Waals surface area contributed by atoms with Crippen molar-refractivity contribution < 1.29 is 9.59 Å². The van der Waals surface area contributed by atoms with Gasteiger partial charge in [-0.25, -0.2) is 4.98 Å². The van der Waals surface area contributed by atoms with E-state index in [-0.39, 0.29) is 11.7 Å². The Balaban J connectivity index is 1.47. The number of aryl methyl sites for hydroxylation is 1. The zero-order valence-corrected chi connectivity index (χ0v) is 18.1. The number of para-hydroxylation sites is 1. The van der Waals surface area contributed by atoms with Crippen LogP contribution in [0, 0.1) is 6.92 Å². The van der Waals surface area contributed by atoms with E-state index in [1.807, 2.05) is 65.5 Å². The van der Waals surface area contributed by atoms with Gasteiger partial charge in [-0.15, -0.1) is 11.3 Å². The third kappa shape index (κ3) is 3.72. The molecule has 1 amide bonds. The fourth-order valence-corrected chi connectivity index (χ4v) is 4.30. The molecule has 0 saturated carbocycles. The van der Waals surface area contributed by atoms with Crippen LogP contribution in [0.3, 0.4) is 0 Å². The SMILES string of the molecule is Cc1ccc(C(=O)c2ccccc2C(=O)Nc2ccccc2-c2cn3ccsc3n2)cc1. The standard InChI is InChI=1S/C26H19N3O2S/c1-17-10-12-18(13-11-17)24(30)19-6-2-3-7-20(19)25(31)27-22-9-5-4-8-21(22)23-16-29-14-15-32-26(29)28-23/h2-16H,1H3,(H,27,31). The Hall–Kier alpha value is -4.03. The number of anilines is 1. The number of hydrogen-bond donors (Lipinski definition) is 1. The van der Waals surface area contributed by atoms with Crippen LogP contribution in [-0.4, -0.2) is 21.1 Å². The number of benzene rings is 3. The second-order valence-corrected chi connectivity index (χ2v) is 8.33. The first kappa shape index (κ1) is 19.9. The van der Waals surface area contributed by atoms with Gasteiger partial charge in [0.1, 0.15) is 0 Å². The molecule has 5 rings (SSSR count). The molecular weight excluding hydrogens is 418 g/mol. The van der Waals surface area contributed by atoms with E-state index < -0.39 is 0 Å². The van der Waals surface area contributed by atoms with E-state index in [0.29, 0.717) is 22.4 Å². The number of carbonyl (C=O) groups is 2. The van der Waals surface area contributed by atoms with Crippen molar-refractivity contribution in [1.29, 1.82) is 0 Å². The second kappa shape index (κ2) is 8.24. The maximum Gasteiger partial charge on any atom is 0.256 e. The fraction of sp³-hybridized carbons (Fsp3) is 0.0385. The maximum atomic E-state index is 13.2. The van der Waals surface area contributed by atoms with Crippen LogP contribution < -0.4 is 5.32 Å². The molecule has 0 fully saturated rings. The van der Waals surface area contributed by atoms with Gasteiger partial charge in [-0.05, 0) is 19.1 Å². The zero-order valence-electron chi connectivity index (χ0n) is 17.3. The summed E-state index contributed by atoms with van der Waals surface area (Å²) in [6, 6.07) is 21.8. The first-order valence-corrected chi connectivity index (χ1v) is 11.0.